The number of ether oxygens (including phenoxy) is 2. The standard InChI is InChI=1S/C16H18F3NO3/c17-16(18,19)23-14-4-2-1-3-11(14)12-7-13(12)15(21)20-8-10-5-6-22-9-10/h1-4,10,12-13H,5-9H2,(H,20,21)/t10-,12+,13+/m0/s1. The van der Waals surface area contributed by atoms with Crippen LogP contribution in [0.25, 0.3) is 0 Å². The molecule has 2 fully saturated rings. The smallest absolute Gasteiger partial charge is 0.405 e. The Morgan fingerprint density at radius 1 is 1.35 bits per heavy atom. The summed E-state index contributed by atoms with van der Waals surface area (Å²) in [6.45, 7) is 1.92. The molecule has 1 saturated heterocycles. The minimum Gasteiger partial charge on any atom is -0.405 e. The lowest BCUT2D eigenvalue weighted by atomic mass is 10.1. The van der Waals surface area contributed by atoms with Gasteiger partial charge in [-0.05, 0) is 30.4 Å². The number of benzene rings is 1. The summed E-state index contributed by atoms with van der Waals surface area (Å²) in [6.07, 6.45) is -3.26. The van der Waals surface area contributed by atoms with E-state index < -0.39 is 6.36 Å². The first-order valence-corrected chi connectivity index (χ1v) is 7.64. The second-order valence-corrected chi connectivity index (χ2v) is 6.01. The van der Waals surface area contributed by atoms with Gasteiger partial charge in [-0.15, -0.1) is 13.2 Å². The maximum Gasteiger partial charge on any atom is 0.573 e. The van der Waals surface area contributed by atoms with E-state index >= 15 is 0 Å². The van der Waals surface area contributed by atoms with Crippen molar-refractivity contribution in [2.24, 2.45) is 11.8 Å². The second kappa shape index (κ2) is 6.39. The van der Waals surface area contributed by atoms with Crippen molar-refractivity contribution in [3.05, 3.63) is 29.8 Å². The van der Waals surface area contributed by atoms with Crippen LogP contribution in [0.5, 0.6) is 5.75 Å². The maximum atomic E-state index is 12.4. The van der Waals surface area contributed by atoms with Crippen LogP contribution in [-0.4, -0.2) is 32.0 Å². The summed E-state index contributed by atoms with van der Waals surface area (Å²) in [5.74, 6) is -0.492. The lowest BCUT2D eigenvalue weighted by Gasteiger charge is -2.13. The van der Waals surface area contributed by atoms with Gasteiger partial charge in [0.25, 0.3) is 0 Å². The third kappa shape index (κ3) is 4.16. The van der Waals surface area contributed by atoms with Gasteiger partial charge in [0.05, 0.1) is 6.61 Å². The summed E-state index contributed by atoms with van der Waals surface area (Å²) in [6, 6.07) is 6.01. The summed E-state index contributed by atoms with van der Waals surface area (Å²) in [4.78, 5) is 12.1. The van der Waals surface area contributed by atoms with Crippen LogP contribution in [0, 0.1) is 11.8 Å². The normalized spacial score (nSPS) is 26.8. The zero-order valence-corrected chi connectivity index (χ0v) is 12.4. The van der Waals surface area contributed by atoms with E-state index in [2.05, 4.69) is 10.1 Å². The zero-order valence-electron chi connectivity index (χ0n) is 12.4. The molecule has 2 aliphatic rings. The van der Waals surface area contributed by atoms with Crippen molar-refractivity contribution >= 4 is 5.91 Å². The van der Waals surface area contributed by atoms with Crippen molar-refractivity contribution in [1.82, 2.24) is 5.32 Å². The first kappa shape index (κ1) is 16.1. The number of alkyl halides is 3. The Balaban J connectivity index is 1.58. The fourth-order valence-corrected chi connectivity index (χ4v) is 2.95. The predicted octanol–water partition coefficient (Wildman–Crippen LogP) is 2.84. The molecule has 23 heavy (non-hydrogen) atoms. The molecule has 1 saturated carbocycles. The van der Waals surface area contributed by atoms with Gasteiger partial charge in [-0.2, -0.15) is 0 Å². The predicted molar refractivity (Wildman–Crippen MR) is 75.9 cm³/mol. The molecule has 0 radical (unpaired) electrons. The van der Waals surface area contributed by atoms with Gasteiger partial charge in [-0.3, -0.25) is 4.79 Å². The molecule has 1 aromatic rings. The molecule has 1 aromatic carbocycles. The average Bonchev–Trinajstić information content (AvgIpc) is 3.10. The quantitative estimate of drug-likeness (QED) is 0.904. The van der Waals surface area contributed by atoms with Gasteiger partial charge in [-0.25, -0.2) is 0 Å². The molecule has 0 bridgehead atoms. The molecule has 1 N–H and O–H groups in total. The highest BCUT2D eigenvalue weighted by Crippen LogP contribution is 2.51. The van der Waals surface area contributed by atoms with E-state index in [9.17, 15) is 18.0 Å². The van der Waals surface area contributed by atoms with E-state index in [4.69, 9.17) is 4.74 Å². The molecule has 126 valence electrons. The molecule has 1 aliphatic carbocycles. The van der Waals surface area contributed by atoms with Crippen LogP contribution in [0.1, 0.15) is 24.3 Å². The summed E-state index contributed by atoms with van der Waals surface area (Å²) in [7, 11) is 0. The highest BCUT2D eigenvalue weighted by molar-refractivity contribution is 5.83. The Labute approximate surface area is 132 Å². The van der Waals surface area contributed by atoms with Gasteiger partial charge in [-0.1, -0.05) is 18.2 Å². The molecule has 7 heteroatoms. The number of rotatable bonds is 5. The van der Waals surface area contributed by atoms with Gasteiger partial charge in [0.2, 0.25) is 5.91 Å². The van der Waals surface area contributed by atoms with Gasteiger partial charge in [0, 0.05) is 25.0 Å². The third-order valence-electron chi connectivity index (χ3n) is 4.26. The van der Waals surface area contributed by atoms with Gasteiger partial charge in [0.1, 0.15) is 5.75 Å². The Morgan fingerprint density at radius 2 is 2.13 bits per heavy atom. The number of para-hydroxylation sites is 1. The molecule has 1 amide bonds. The number of hydrogen-bond acceptors (Lipinski definition) is 3. The average molecular weight is 329 g/mol. The minimum absolute atomic E-state index is 0.108. The van der Waals surface area contributed by atoms with Gasteiger partial charge in [0.15, 0.2) is 0 Å². The molecule has 3 atom stereocenters. The molecule has 1 heterocycles. The van der Waals surface area contributed by atoms with Crippen LogP contribution in [0.3, 0.4) is 0 Å². The van der Waals surface area contributed by atoms with E-state index in [0.717, 1.165) is 13.0 Å². The highest BCUT2D eigenvalue weighted by atomic mass is 19.4. The summed E-state index contributed by atoms with van der Waals surface area (Å²) < 4.78 is 46.6. The number of nitrogens with one attached hydrogen (secondary N) is 1. The van der Waals surface area contributed by atoms with Gasteiger partial charge < -0.3 is 14.8 Å². The third-order valence-corrected chi connectivity index (χ3v) is 4.26. The molecular weight excluding hydrogens is 311 g/mol. The highest BCUT2D eigenvalue weighted by Gasteiger charge is 2.46. The van der Waals surface area contributed by atoms with E-state index in [1.165, 1.54) is 12.1 Å². The molecule has 4 nitrogen and oxygen atoms in total. The summed E-state index contributed by atoms with van der Waals surface area (Å²) in [5.41, 5.74) is 0.439. The Hall–Kier alpha value is -1.76. The molecule has 0 spiro atoms. The first-order valence-electron chi connectivity index (χ1n) is 7.64. The van der Waals surface area contributed by atoms with Crippen molar-refractivity contribution in [3.8, 4) is 5.75 Å². The maximum absolute atomic E-state index is 12.4. The topological polar surface area (TPSA) is 47.6 Å². The van der Waals surface area contributed by atoms with Crippen LogP contribution >= 0.6 is 0 Å². The van der Waals surface area contributed by atoms with E-state index in [1.54, 1.807) is 12.1 Å². The van der Waals surface area contributed by atoms with Gasteiger partial charge >= 0.3 is 6.36 Å². The van der Waals surface area contributed by atoms with Crippen LogP contribution in [-0.2, 0) is 9.53 Å². The van der Waals surface area contributed by atoms with Crippen LogP contribution in [0.4, 0.5) is 13.2 Å². The van der Waals surface area contributed by atoms with Crippen LogP contribution < -0.4 is 10.1 Å². The number of carbonyl (C=O) groups excluding carboxylic acids is 1. The van der Waals surface area contributed by atoms with Crippen molar-refractivity contribution in [1.29, 1.82) is 0 Å². The van der Waals surface area contributed by atoms with Crippen molar-refractivity contribution in [2.75, 3.05) is 19.8 Å². The molecule has 3 rings (SSSR count). The van der Waals surface area contributed by atoms with Crippen molar-refractivity contribution < 1.29 is 27.4 Å². The SMILES string of the molecule is O=C(NC[C@@H]1CCOC1)[C@@H]1C[C@@H]1c1ccccc1OC(F)(F)F. The first-order chi connectivity index (χ1) is 10.9. The Morgan fingerprint density at radius 3 is 2.83 bits per heavy atom. The number of hydrogen-bond donors (Lipinski definition) is 1. The number of halogens is 3. The van der Waals surface area contributed by atoms with Crippen LogP contribution in [0.15, 0.2) is 24.3 Å². The molecule has 0 unspecified atom stereocenters. The Bertz CT molecular complexity index is 570. The lowest BCUT2D eigenvalue weighted by molar-refractivity contribution is -0.274. The Kier molecular flexibility index (Phi) is 4.48. The number of amides is 1. The minimum atomic E-state index is -4.73. The number of carbonyl (C=O) groups is 1. The van der Waals surface area contributed by atoms with Crippen molar-refractivity contribution in [3.63, 3.8) is 0 Å². The van der Waals surface area contributed by atoms with Crippen molar-refractivity contribution in [2.45, 2.75) is 25.1 Å². The molecule has 1 aliphatic heterocycles. The molecular formula is C16H18F3NO3. The summed E-state index contributed by atoms with van der Waals surface area (Å²) >= 11 is 0. The fourth-order valence-electron chi connectivity index (χ4n) is 2.95. The van der Waals surface area contributed by atoms with E-state index in [1.807, 2.05) is 0 Å². The van der Waals surface area contributed by atoms with E-state index in [0.29, 0.717) is 31.1 Å². The fraction of sp³-hybridized carbons (Fsp3) is 0.562. The molecule has 0 aromatic heterocycles. The zero-order chi connectivity index (χ0) is 16.4. The largest absolute Gasteiger partial charge is 0.573 e. The van der Waals surface area contributed by atoms with Crippen LogP contribution in [0.2, 0.25) is 0 Å². The van der Waals surface area contributed by atoms with E-state index in [-0.39, 0.29) is 23.5 Å². The summed E-state index contributed by atoms with van der Waals surface area (Å²) in [5, 5.41) is 2.87. The monoisotopic (exact) mass is 329 g/mol. The second-order valence-electron chi connectivity index (χ2n) is 6.01. The lowest BCUT2D eigenvalue weighted by Crippen LogP contribution is -2.31.